The number of aliphatic hydroxyl groups is 1. The molecule has 8 heavy (non-hydrogen) atoms. The molecule has 0 spiro atoms. The van der Waals surface area contributed by atoms with Crippen molar-refractivity contribution in [2.45, 2.75) is 6.61 Å². The van der Waals surface area contributed by atoms with Gasteiger partial charge in [-0.05, 0) is 11.6 Å². The van der Waals surface area contributed by atoms with Gasteiger partial charge in [0.2, 0.25) is 0 Å². The molecule has 0 aromatic heterocycles. The Morgan fingerprint density at radius 2 is 2.12 bits per heavy atom. The zero-order valence-corrected chi connectivity index (χ0v) is 4.46. The van der Waals surface area contributed by atoms with Gasteiger partial charge in [0, 0.05) is 0 Å². The Morgan fingerprint density at radius 1 is 1.50 bits per heavy atom. The Bertz CT molecular complexity index is 150. The predicted octanol–water partition coefficient (Wildman–Crippen LogP) is 1.09. The van der Waals surface area contributed by atoms with Gasteiger partial charge < -0.3 is 5.11 Å². The summed E-state index contributed by atoms with van der Waals surface area (Å²) in [6, 6.07) is 10.1. The number of rotatable bonds is 1. The largest absolute Gasteiger partial charge is 1.00 e. The van der Waals surface area contributed by atoms with E-state index in [1.807, 2.05) is 12.1 Å². The molecular weight excluding hydrogens is 100 g/mol. The van der Waals surface area contributed by atoms with E-state index in [0.717, 1.165) is 5.56 Å². The van der Waals surface area contributed by atoms with Crippen molar-refractivity contribution in [1.82, 2.24) is 0 Å². The topological polar surface area (TPSA) is 20.2 Å². The summed E-state index contributed by atoms with van der Waals surface area (Å²) in [6.07, 6.45) is 0. The van der Waals surface area contributed by atoms with Crippen LogP contribution < -0.4 is 0 Å². The van der Waals surface area contributed by atoms with Gasteiger partial charge in [-0.3, -0.25) is 0 Å². The second-order valence-electron chi connectivity index (χ2n) is 1.57. The summed E-state index contributed by atoms with van der Waals surface area (Å²) in [6.45, 7) is 0.120. The van der Waals surface area contributed by atoms with Crippen LogP contribution in [0.5, 0.6) is 0 Å². The van der Waals surface area contributed by atoms with Crippen molar-refractivity contribution in [1.29, 1.82) is 0 Å². The molecule has 1 N–H and O–H groups in total. The minimum absolute atomic E-state index is 0. The molecule has 1 heteroatoms. The van der Waals surface area contributed by atoms with Gasteiger partial charge in [0.15, 0.2) is 0 Å². The molecule has 1 aromatic rings. The average molecular weight is 108 g/mol. The van der Waals surface area contributed by atoms with Gasteiger partial charge in [-0.15, -0.1) is 0 Å². The first-order valence-corrected chi connectivity index (χ1v) is 2.49. The highest BCUT2D eigenvalue weighted by atomic mass is 16.3. The van der Waals surface area contributed by atoms with Crippen LogP contribution in [0.1, 0.15) is 6.99 Å². The second-order valence-corrected chi connectivity index (χ2v) is 1.57. The van der Waals surface area contributed by atoms with Crippen LogP contribution in [0.15, 0.2) is 24.3 Å². The second kappa shape index (κ2) is 2.48. The summed E-state index contributed by atoms with van der Waals surface area (Å²) in [5.74, 6) is 0. The van der Waals surface area contributed by atoms with Crippen molar-refractivity contribution in [2.75, 3.05) is 0 Å². The fraction of sp³-hybridized carbons (Fsp3) is 0.143. The summed E-state index contributed by atoms with van der Waals surface area (Å²) < 4.78 is 0. The van der Waals surface area contributed by atoms with E-state index < -0.39 is 0 Å². The Balaban J connectivity index is 0.000000640. The van der Waals surface area contributed by atoms with Crippen LogP contribution in [-0.2, 0) is 6.61 Å². The van der Waals surface area contributed by atoms with E-state index in [4.69, 9.17) is 5.11 Å². The van der Waals surface area contributed by atoms with Crippen molar-refractivity contribution < 1.29 is 6.53 Å². The molecule has 0 saturated carbocycles. The first-order valence-electron chi connectivity index (χ1n) is 2.49. The smallest absolute Gasteiger partial charge is 0.392 e. The van der Waals surface area contributed by atoms with E-state index in [-0.39, 0.29) is 8.03 Å². The lowest BCUT2D eigenvalue weighted by molar-refractivity contribution is 0.282. The van der Waals surface area contributed by atoms with Gasteiger partial charge >= 0.3 is 1.43 Å². The number of aliphatic hydroxyl groups excluding tert-OH is 1. The van der Waals surface area contributed by atoms with Crippen LogP contribution in [0, 0.1) is 6.07 Å². The molecule has 0 bridgehead atoms. The third kappa shape index (κ3) is 1.07. The fourth-order valence-corrected chi connectivity index (χ4v) is 0.527. The molecule has 0 fully saturated rings. The van der Waals surface area contributed by atoms with Crippen LogP contribution in [0.2, 0.25) is 0 Å². The normalized spacial score (nSPS) is 9.12. The molecule has 1 aromatic carbocycles. The molecule has 0 aliphatic heterocycles. The highest BCUT2D eigenvalue weighted by molar-refractivity contribution is 5.12. The maximum absolute atomic E-state index is 8.52. The summed E-state index contributed by atoms with van der Waals surface area (Å²) in [5.41, 5.74) is 0.934. The molecule has 41 valence electrons. The Kier molecular flexibility index (Phi) is 1.65. The molecule has 0 unspecified atom stereocenters. The average Bonchev–Trinajstić information content (AvgIpc) is 1.90. The van der Waals surface area contributed by atoms with Crippen molar-refractivity contribution >= 4 is 0 Å². The lowest BCUT2D eigenvalue weighted by Crippen LogP contribution is -1.78. The number of benzene rings is 1. The number of hydrogen-bond donors (Lipinski definition) is 1. The quantitative estimate of drug-likeness (QED) is 0.571. The Morgan fingerprint density at radius 3 is 2.50 bits per heavy atom. The first-order chi connectivity index (χ1) is 3.93. The van der Waals surface area contributed by atoms with Crippen LogP contribution in [0.4, 0.5) is 0 Å². The highest BCUT2D eigenvalue weighted by Crippen LogP contribution is 1.94. The minimum atomic E-state index is 0. The van der Waals surface area contributed by atoms with Crippen molar-refractivity contribution in [3.63, 3.8) is 0 Å². The van der Waals surface area contributed by atoms with Crippen molar-refractivity contribution in [2.24, 2.45) is 0 Å². The maximum atomic E-state index is 8.52. The fourth-order valence-electron chi connectivity index (χ4n) is 0.527. The van der Waals surface area contributed by atoms with Gasteiger partial charge in [0.1, 0.15) is 0 Å². The first kappa shape index (κ1) is 5.32. The van der Waals surface area contributed by atoms with Gasteiger partial charge in [0.05, 0.1) is 6.61 Å². The zero-order chi connectivity index (χ0) is 5.82. The van der Waals surface area contributed by atoms with Crippen LogP contribution in [0.25, 0.3) is 0 Å². The molecule has 0 atom stereocenters. The molecule has 0 aliphatic carbocycles. The van der Waals surface area contributed by atoms with Gasteiger partial charge in [-0.25, -0.2) is 0 Å². The Hall–Kier alpha value is -0.820. The van der Waals surface area contributed by atoms with Crippen LogP contribution in [0.3, 0.4) is 0 Å². The summed E-state index contributed by atoms with van der Waals surface area (Å²) in [4.78, 5) is 0. The van der Waals surface area contributed by atoms with Gasteiger partial charge in [0.25, 0.3) is 0 Å². The third-order valence-electron chi connectivity index (χ3n) is 0.970. The van der Waals surface area contributed by atoms with E-state index in [9.17, 15) is 0 Å². The van der Waals surface area contributed by atoms with Crippen molar-refractivity contribution in [3.8, 4) is 0 Å². The molecule has 0 aliphatic rings. The zero-order valence-electron chi connectivity index (χ0n) is 5.46. The molecule has 0 saturated heterocycles. The predicted molar refractivity (Wildman–Crippen MR) is 32.3 cm³/mol. The van der Waals surface area contributed by atoms with E-state index in [0.29, 0.717) is 0 Å². The molecule has 1 radical (unpaired) electrons. The standard InChI is InChI=1S/C7H7O/c8-6-7-4-2-1-3-5-7/h2-5,8H,6H2/p+1. The monoisotopic (exact) mass is 108 g/mol. The summed E-state index contributed by atoms with van der Waals surface area (Å²) in [5, 5.41) is 8.52. The van der Waals surface area contributed by atoms with Crippen molar-refractivity contribution in [3.05, 3.63) is 35.9 Å². The van der Waals surface area contributed by atoms with Gasteiger partial charge in [-0.1, -0.05) is 24.3 Å². The molecular formula is C7H8O+. The molecule has 1 nitrogen and oxygen atoms in total. The minimum Gasteiger partial charge on any atom is -0.392 e. The van der Waals surface area contributed by atoms with Gasteiger partial charge in [-0.2, -0.15) is 0 Å². The molecule has 1 rings (SSSR count). The Labute approximate surface area is 50.1 Å². The number of hydrogen-bond acceptors (Lipinski definition) is 1. The van der Waals surface area contributed by atoms with E-state index in [1.165, 1.54) is 0 Å². The lowest BCUT2D eigenvalue weighted by atomic mass is 10.2. The highest BCUT2D eigenvalue weighted by Gasteiger charge is 1.81. The van der Waals surface area contributed by atoms with E-state index in [2.05, 4.69) is 6.07 Å². The SMILES string of the molecule is OCc1cc[c]cc1.[H+]. The molecule has 0 heterocycles. The van der Waals surface area contributed by atoms with E-state index >= 15 is 0 Å². The lowest BCUT2D eigenvalue weighted by Gasteiger charge is -1.88. The maximum Gasteiger partial charge on any atom is 1.00 e. The summed E-state index contributed by atoms with van der Waals surface area (Å²) in [7, 11) is 0. The van der Waals surface area contributed by atoms with Crippen LogP contribution >= 0.6 is 0 Å². The van der Waals surface area contributed by atoms with E-state index in [1.54, 1.807) is 12.1 Å². The molecule has 0 amide bonds. The van der Waals surface area contributed by atoms with Crippen LogP contribution in [-0.4, -0.2) is 5.11 Å². The third-order valence-corrected chi connectivity index (χ3v) is 0.970. The summed E-state index contributed by atoms with van der Waals surface area (Å²) >= 11 is 0.